The molecule has 0 N–H and O–H groups in total. The number of benzene rings is 4. The Labute approximate surface area is 279 Å². The van der Waals surface area contributed by atoms with Crippen molar-refractivity contribution in [3.05, 3.63) is 119 Å². The van der Waals surface area contributed by atoms with Crippen molar-refractivity contribution in [1.29, 1.82) is 0 Å². The van der Waals surface area contributed by atoms with Gasteiger partial charge in [0.15, 0.2) is 11.5 Å². The molecule has 12 heteroatoms. The van der Waals surface area contributed by atoms with Gasteiger partial charge < -0.3 is 18.8 Å². The molecule has 0 bridgehead atoms. The number of imidazole rings is 1. The van der Waals surface area contributed by atoms with Crippen LogP contribution in [0.2, 0.25) is 0 Å². The predicted molar refractivity (Wildman–Crippen MR) is 171 cm³/mol. The summed E-state index contributed by atoms with van der Waals surface area (Å²) in [5.41, 5.74) is 3.47. The standard InChI is InChI=1S/C37H33F6N3O3/c1-2-3-14-46-31(34(27-17-28(38)19-29(39)18-27)44-35(46)26-9-5-4-6-10-26)22-45(21-25-12-13-32-33(16-25)48-23-47-32)20-24-8-7-11-30(15-24)49-37(42,43)36(40)41/h4-13,15-19,36H,2-3,14,20-23H2,1H3. The number of rotatable bonds is 14. The molecule has 0 atom stereocenters. The van der Waals surface area contributed by atoms with Crippen molar-refractivity contribution in [3.8, 4) is 39.9 Å². The Kier molecular flexibility index (Phi) is 10.1. The van der Waals surface area contributed by atoms with Crippen LogP contribution < -0.4 is 14.2 Å². The van der Waals surface area contributed by atoms with Crippen molar-refractivity contribution in [2.24, 2.45) is 0 Å². The van der Waals surface area contributed by atoms with Crippen LogP contribution in [-0.2, 0) is 26.2 Å². The summed E-state index contributed by atoms with van der Waals surface area (Å²) in [6.07, 6.45) is -7.02. The van der Waals surface area contributed by atoms with Gasteiger partial charge in [-0.1, -0.05) is 61.9 Å². The molecule has 0 unspecified atom stereocenters. The maximum absolute atomic E-state index is 14.6. The fraction of sp³-hybridized carbons (Fsp3) is 0.270. The van der Waals surface area contributed by atoms with Crippen LogP contribution in [0.4, 0.5) is 26.3 Å². The van der Waals surface area contributed by atoms with E-state index in [4.69, 9.17) is 14.5 Å². The first-order chi connectivity index (χ1) is 23.6. The van der Waals surface area contributed by atoms with E-state index in [1.54, 1.807) is 12.1 Å². The minimum Gasteiger partial charge on any atom is -0.454 e. The highest BCUT2D eigenvalue weighted by atomic mass is 19.3. The average molecular weight is 682 g/mol. The van der Waals surface area contributed by atoms with Crippen LogP contribution in [0.25, 0.3) is 22.6 Å². The van der Waals surface area contributed by atoms with Gasteiger partial charge in [0, 0.05) is 43.4 Å². The second-order valence-corrected chi connectivity index (χ2v) is 11.7. The van der Waals surface area contributed by atoms with Gasteiger partial charge in [0.25, 0.3) is 0 Å². The largest absolute Gasteiger partial charge is 0.461 e. The molecular formula is C37H33F6N3O3. The zero-order valence-electron chi connectivity index (χ0n) is 26.5. The predicted octanol–water partition coefficient (Wildman–Crippen LogP) is 9.46. The lowest BCUT2D eigenvalue weighted by Gasteiger charge is -2.25. The number of aromatic nitrogens is 2. The Morgan fingerprint density at radius 2 is 1.53 bits per heavy atom. The second kappa shape index (κ2) is 14.7. The Morgan fingerprint density at radius 1 is 0.816 bits per heavy atom. The van der Waals surface area contributed by atoms with Crippen molar-refractivity contribution >= 4 is 0 Å². The maximum Gasteiger partial charge on any atom is 0.461 e. The van der Waals surface area contributed by atoms with E-state index in [0.717, 1.165) is 30.0 Å². The molecule has 0 fully saturated rings. The molecule has 0 saturated heterocycles. The molecule has 2 heterocycles. The number of unbranched alkanes of at least 4 members (excludes halogenated alkanes) is 1. The molecule has 0 amide bonds. The molecule has 1 aliphatic rings. The Balaban J connectivity index is 1.45. The highest BCUT2D eigenvalue weighted by molar-refractivity contribution is 5.68. The summed E-state index contributed by atoms with van der Waals surface area (Å²) >= 11 is 0. The van der Waals surface area contributed by atoms with E-state index >= 15 is 0 Å². The Bertz CT molecular complexity index is 1880. The van der Waals surface area contributed by atoms with Gasteiger partial charge in [-0.2, -0.15) is 17.6 Å². The number of halogens is 6. The maximum atomic E-state index is 14.6. The monoisotopic (exact) mass is 681 g/mol. The first-order valence-electron chi connectivity index (χ1n) is 15.8. The van der Waals surface area contributed by atoms with Gasteiger partial charge >= 0.3 is 12.5 Å². The lowest BCUT2D eigenvalue weighted by Crippen LogP contribution is -2.33. The minimum absolute atomic E-state index is 0.0883. The summed E-state index contributed by atoms with van der Waals surface area (Å²) in [5.74, 6) is -0.129. The van der Waals surface area contributed by atoms with Crippen molar-refractivity contribution in [3.63, 3.8) is 0 Å². The molecule has 1 aromatic heterocycles. The van der Waals surface area contributed by atoms with Crippen LogP contribution in [0, 0.1) is 11.6 Å². The molecule has 5 aromatic rings. The Morgan fingerprint density at radius 3 is 2.24 bits per heavy atom. The van der Waals surface area contributed by atoms with Gasteiger partial charge in [0.1, 0.15) is 23.2 Å². The van der Waals surface area contributed by atoms with Crippen molar-refractivity contribution in [1.82, 2.24) is 14.5 Å². The molecule has 49 heavy (non-hydrogen) atoms. The molecule has 0 radical (unpaired) electrons. The van der Waals surface area contributed by atoms with Crippen LogP contribution in [0.5, 0.6) is 17.2 Å². The third-order valence-corrected chi connectivity index (χ3v) is 8.00. The zero-order valence-corrected chi connectivity index (χ0v) is 26.5. The van der Waals surface area contributed by atoms with Crippen LogP contribution in [-0.4, -0.2) is 33.8 Å². The topological polar surface area (TPSA) is 48.8 Å². The Hall–Kier alpha value is -4.97. The summed E-state index contributed by atoms with van der Waals surface area (Å²) < 4.78 is 100. The summed E-state index contributed by atoms with van der Waals surface area (Å²) in [6, 6.07) is 23.8. The molecule has 0 aliphatic carbocycles. The normalized spacial score (nSPS) is 12.7. The number of alkyl halides is 4. The summed E-state index contributed by atoms with van der Waals surface area (Å²) in [7, 11) is 0. The van der Waals surface area contributed by atoms with Crippen LogP contribution >= 0.6 is 0 Å². The molecular weight excluding hydrogens is 648 g/mol. The van der Waals surface area contributed by atoms with Crippen LogP contribution in [0.3, 0.4) is 0 Å². The quantitative estimate of drug-likeness (QED) is 0.109. The smallest absolute Gasteiger partial charge is 0.454 e. The average Bonchev–Trinajstić information content (AvgIpc) is 3.68. The summed E-state index contributed by atoms with van der Waals surface area (Å²) in [4.78, 5) is 6.96. The molecule has 256 valence electrons. The van der Waals surface area contributed by atoms with Gasteiger partial charge in [-0.3, -0.25) is 4.90 Å². The van der Waals surface area contributed by atoms with Gasteiger partial charge in [-0.05, 0) is 53.9 Å². The zero-order chi connectivity index (χ0) is 34.5. The van der Waals surface area contributed by atoms with Gasteiger partial charge in [-0.15, -0.1) is 0 Å². The van der Waals surface area contributed by atoms with Crippen LogP contribution in [0.1, 0.15) is 36.6 Å². The highest BCUT2D eigenvalue weighted by Gasteiger charge is 2.44. The lowest BCUT2D eigenvalue weighted by atomic mass is 10.1. The van der Waals surface area contributed by atoms with Gasteiger partial charge in [0.2, 0.25) is 6.79 Å². The lowest BCUT2D eigenvalue weighted by molar-refractivity contribution is -0.253. The molecule has 0 spiro atoms. The summed E-state index contributed by atoms with van der Waals surface area (Å²) in [5, 5.41) is 0. The molecule has 1 aliphatic heterocycles. The second-order valence-electron chi connectivity index (χ2n) is 11.7. The van der Waals surface area contributed by atoms with Crippen LogP contribution in [0.15, 0.2) is 91.0 Å². The van der Waals surface area contributed by atoms with Gasteiger partial charge in [0.05, 0.1) is 11.4 Å². The summed E-state index contributed by atoms with van der Waals surface area (Å²) in [6.45, 7) is 3.37. The van der Waals surface area contributed by atoms with E-state index in [-0.39, 0.29) is 25.4 Å². The van der Waals surface area contributed by atoms with E-state index in [0.29, 0.717) is 47.4 Å². The highest BCUT2D eigenvalue weighted by Crippen LogP contribution is 2.36. The third-order valence-electron chi connectivity index (χ3n) is 8.00. The number of nitrogens with zero attached hydrogens (tertiary/aromatic N) is 3. The van der Waals surface area contributed by atoms with E-state index in [1.165, 1.54) is 30.3 Å². The first kappa shape index (κ1) is 33.9. The number of fused-ring (bicyclic) bond motifs is 1. The SMILES string of the molecule is CCCCn1c(-c2ccccc2)nc(-c2cc(F)cc(F)c2)c1CN(Cc1cccc(OC(F)(F)C(F)F)c1)Cc1ccc2c(c1)OCO2. The number of ether oxygens (including phenoxy) is 3. The number of hydrogen-bond donors (Lipinski definition) is 0. The molecule has 4 aromatic carbocycles. The van der Waals surface area contributed by atoms with Gasteiger partial charge in [-0.25, -0.2) is 13.8 Å². The van der Waals surface area contributed by atoms with Crippen molar-refractivity contribution in [2.45, 2.75) is 58.5 Å². The fourth-order valence-electron chi connectivity index (χ4n) is 5.78. The molecule has 6 nitrogen and oxygen atoms in total. The number of hydrogen-bond acceptors (Lipinski definition) is 5. The van der Waals surface area contributed by atoms with Crippen molar-refractivity contribution < 1.29 is 40.6 Å². The molecule has 6 rings (SSSR count). The van der Waals surface area contributed by atoms with E-state index in [9.17, 15) is 26.3 Å². The third kappa shape index (κ3) is 8.02. The fourth-order valence-corrected chi connectivity index (χ4v) is 5.78. The van der Waals surface area contributed by atoms with E-state index in [1.807, 2.05) is 51.9 Å². The first-order valence-corrected chi connectivity index (χ1v) is 15.8. The van der Waals surface area contributed by atoms with E-state index in [2.05, 4.69) is 11.7 Å². The molecule has 0 saturated carbocycles. The van der Waals surface area contributed by atoms with Crippen molar-refractivity contribution in [2.75, 3.05) is 6.79 Å². The van der Waals surface area contributed by atoms with E-state index < -0.39 is 29.9 Å². The minimum atomic E-state index is -4.67.